The maximum Gasteiger partial charge on any atom is 0.189 e. The van der Waals surface area contributed by atoms with Crippen molar-refractivity contribution in [3.63, 3.8) is 0 Å². The van der Waals surface area contributed by atoms with Crippen molar-refractivity contribution in [2.75, 3.05) is 6.26 Å². The number of hydrogen-bond acceptors (Lipinski definition) is 5. The Labute approximate surface area is 118 Å². The molecule has 0 aliphatic rings. The fraction of sp³-hybridized carbons (Fsp3) is 0.154. The van der Waals surface area contributed by atoms with Crippen LogP contribution >= 0.6 is 23.1 Å². The van der Waals surface area contributed by atoms with Gasteiger partial charge in [-0.05, 0) is 34.7 Å². The molecular formula is C13H12N4S2. The van der Waals surface area contributed by atoms with Gasteiger partial charge in [-0.1, -0.05) is 11.8 Å². The van der Waals surface area contributed by atoms with Crippen molar-refractivity contribution in [1.29, 1.82) is 5.41 Å². The monoisotopic (exact) mass is 288 g/mol. The van der Waals surface area contributed by atoms with Crippen molar-refractivity contribution in [2.45, 2.75) is 5.16 Å². The average molecular weight is 288 g/mol. The van der Waals surface area contributed by atoms with Gasteiger partial charge >= 0.3 is 0 Å². The molecule has 1 N–H and O–H groups in total. The van der Waals surface area contributed by atoms with Crippen LogP contribution in [-0.2, 0) is 7.05 Å². The molecule has 0 fully saturated rings. The number of rotatable bonds is 2. The molecule has 3 heterocycles. The predicted molar refractivity (Wildman–Crippen MR) is 79.5 cm³/mol. The van der Waals surface area contributed by atoms with Gasteiger partial charge in [0.05, 0.1) is 0 Å². The fourth-order valence-corrected chi connectivity index (χ4v) is 2.98. The van der Waals surface area contributed by atoms with Gasteiger partial charge in [0, 0.05) is 24.2 Å². The number of fused-ring (bicyclic) bond motifs is 1. The summed E-state index contributed by atoms with van der Waals surface area (Å²) in [7, 11) is 1.87. The third-order valence-electron chi connectivity index (χ3n) is 3.00. The second-order valence-electron chi connectivity index (χ2n) is 4.11. The quantitative estimate of drug-likeness (QED) is 0.583. The Hall–Kier alpha value is -1.66. The topological polar surface area (TPSA) is 54.6 Å². The van der Waals surface area contributed by atoms with Crippen molar-refractivity contribution in [3.05, 3.63) is 34.6 Å². The van der Waals surface area contributed by atoms with Crippen LogP contribution in [0.4, 0.5) is 0 Å². The molecule has 19 heavy (non-hydrogen) atoms. The molecule has 3 aromatic heterocycles. The molecular weight excluding hydrogens is 276 g/mol. The highest BCUT2D eigenvalue weighted by molar-refractivity contribution is 7.98. The SMILES string of the molecule is CSc1ncc2cc(-c3ccsc3)c(=N)n(C)c2n1. The summed E-state index contributed by atoms with van der Waals surface area (Å²) in [6.45, 7) is 0. The molecule has 0 unspecified atom stereocenters. The Kier molecular flexibility index (Phi) is 3.12. The van der Waals surface area contributed by atoms with Gasteiger partial charge in [-0.25, -0.2) is 9.97 Å². The molecule has 6 heteroatoms. The number of thiophene rings is 1. The van der Waals surface area contributed by atoms with E-state index in [9.17, 15) is 0 Å². The van der Waals surface area contributed by atoms with E-state index in [1.54, 1.807) is 11.3 Å². The van der Waals surface area contributed by atoms with Crippen LogP contribution in [-0.4, -0.2) is 20.8 Å². The Morgan fingerprint density at radius 3 is 2.95 bits per heavy atom. The molecule has 0 saturated carbocycles. The van der Waals surface area contributed by atoms with E-state index in [-0.39, 0.29) is 0 Å². The van der Waals surface area contributed by atoms with E-state index < -0.39 is 0 Å². The van der Waals surface area contributed by atoms with Crippen LogP contribution in [0, 0.1) is 5.41 Å². The number of thioether (sulfide) groups is 1. The van der Waals surface area contributed by atoms with Crippen molar-refractivity contribution in [2.24, 2.45) is 7.05 Å². The van der Waals surface area contributed by atoms with E-state index in [1.165, 1.54) is 11.8 Å². The smallest absolute Gasteiger partial charge is 0.189 e. The van der Waals surface area contributed by atoms with Crippen LogP contribution in [0.5, 0.6) is 0 Å². The van der Waals surface area contributed by atoms with Gasteiger partial charge in [-0.3, -0.25) is 5.41 Å². The molecule has 0 saturated heterocycles. The first kappa shape index (κ1) is 12.4. The molecule has 96 valence electrons. The zero-order chi connectivity index (χ0) is 13.4. The first-order valence-electron chi connectivity index (χ1n) is 5.68. The van der Waals surface area contributed by atoms with Gasteiger partial charge in [-0.2, -0.15) is 11.3 Å². The molecule has 0 radical (unpaired) electrons. The summed E-state index contributed by atoms with van der Waals surface area (Å²) < 4.78 is 1.81. The molecule has 3 aromatic rings. The number of nitrogens with zero attached hydrogens (tertiary/aromatic N) is 3. The van der Waals surface area contributed by atoms with Crippen LogP contribution in [0.2, 0.25) is 0 Å². The summed E-state index contributed by atoms with van der Waals surface area (Å²) in [5.41, 5.74) is 3.25. The van der Waals surface area contributed by atoms with Crippen LogP contribution in [0.1, 0.15) is 0 Å². The largest absolute Gasteiger partial charge is 0.313 e. The zero-order valence-corrected chi connectivity index (χ0v) is 12.2. The molecule has 0 aliphatic carbocycles. The summed E-state index contributed by atoms with van der Waals surface area (Å²) in [4.78, 5) is 8.77. The van der Waals surface area contributed by atoms with Gasteiger partial charge < -0.3 is 4.57 Å². The Balaban J connectivity index is 2.34. The summed E-state index contributed by atoms with van der Waals surface area (Å²) in [6.07, 6.45) is 3.77. The minimum Gasteiger partial charge on any atom is -0.313 e. The maximum absolute atomic E-state index is 8.28. The standard InChI is InChI=1S/C13H12N4S2/c1-17-11(14)10(8-3-4-19-7-8)5-9-6-15-13(18-2)16-12(9)17/h3-7,14H,1-2H3. The second-order valence-corrected chi connectivity index (χ2v) is 5.67. The van der Waals surface area contributed by atoms with Gasteiger partial charge in [0.1, 0.15) is 11.1 Å². The highest BCUT2D eigenvalue weighted by Gasteiger charge is 2.09. The van der Waals surface area contributed by atoms with Gasteiger partial charge in [0.25, 0.3) is 0 Å². The van der Waals surface area contributed by atoms with Crippen molar-refractivity contribution >= 4 is 34.1 Å². The normalized spacial score (nSPS) is 11.1. The highest BCUT2D eigenvalue weighted by Crippen LogP contribution is 2.22. The first-order valence-corrected chi connectivity index (χ1v) is 7.85. The fourth-order valence-electron chi connectivity index (χ4n) is 1.98. The van der Waals surface area contributed by atoms with E-state index >= 15 is 0 Å². The van der Waals surface area contributed by atoms with E-state index in [1.807, 2.05) is 41.6 Å². The van der Waals surface area contributed by atoms with E-state index in [2.05, 4.69) is 15.3 Å². The summed E-state index contributed by atoms with van der Waals surface area (Å²) >= 11 is 3.14. The molecule has 0 spiro atoms. The van der Waals surface area contributed by atoms with Crippen LogP contribution in [0.25, 0.3) is 22.2 Å². The molecule has 3 rings (SSSR count). The minimum atomic E-state index is 0.469. The van der Waals surface area contributed by atoms with Gasteiger partial charge in [0.2, 0.25) is 0 Å². The Bertz CT molecular complexity index is 790. The second kappa shape index (κ2) is 4.79. The lowest BCUT2D eigenvalue weighted by molar-refractivity contribution is 0.827. The zero-order valence-electron chi connectivity index (χ0n) is 10.5. The molecule has 0 amide bonds. The molecule has 0 atom stereocenters. The van der Waals surface area contributed by atoms with E-state index in [4.69, 9.17) is 5.41 Å². The van der Waals surface area contributed by atoms with E-state index in [0.717, 1.165) is 27.3 Å². The summed E-state index contributed by atoms with van der Waals surface area (Å²) in [6, 6.07) is 4.02. The number of aromatic nitrogens is 3. The minimum absolute atomic E-state index is 0.469. The maximum atomic E-state index is 8.28. The molecule has 0 bridgehead atoms. The van der Waals surface area contributed by atoms with Crippen molar-refractivity contribution in [3.8, 4) is 11.1 Å². The predicted octanol–water partition coefficient (Wildman–Crippen LogP) is 2.90. The Morgan fingerprint density at radius 1 is 1.42 bits per heavy atom. The van der Waals surface area contributed by atoms with Crippen molar-refractivity contribution < 1.29 is 0 Å². The van der Waals surface area contributed by atoms with Crippen molar-refractivity contribution in [1.82, 2.24) is 14.5 Å². The summed E-state index contributed by atoms with van der Waals surface area (Å²) in [5.74, 6) is 0. The van der Waals surface area contributed by atoms with Gasteiger partial charge in [0.15, 0.2) is 5.16 Å². The molecule has 4 nitrogen and oxygen atoms in total. The number of aryl methyl sites for hydroxylation is 1. The number of nitrogens with one attached hydrogen (secondary N) is 1. The Morgan fingerprint density at radius 2 is 2.26 bits per heavy atom. The third kappa shape index (κ3) is 2.06. The molecule has 0 aromatic carbocycles. The molecule has 0 aliphatic heterocycles. The average Bonchev–Trinajstić information content (AvgIpc) is 2.96. The number of hydrogen-bond donors (Lipinski definition) is 1. The third-order valence-corrected chi connectivity index (χ3v) is 4.24. The van der Waals surface area contributed by atoms with Crippen LogP contribution in [0.15, 0.2) is 34.2 Å². The van der Waals surface area contributed by atoms with Gasteiger partial charge in [-0.15, -0.1) is 0 Å². The summed E-state index contributed by atoms with van der Waals surface area (Å²) in [5, 5.41) is 14.0. The van der Waals surface area contributed by atoms with Crippen LogP contribution < -0.4 is 5.49 Å². The lowest BCUT2D eigenvalue weighted by Gasteiger charge is -2.09. The lowest BCUT2D eigenvalue weighted by atomic mass is 10.1. The number of pyridine rings is 1. The highest BCUT2D eigenvalue weighted by atomic mass is 32.2. The lowest BCUT2D eigenvalue weighted by Crippen LogP contribution is -2.20. The first-order chi connectivity index (χ1) is 9.20. The van der Waals surface area contributed by atoms with E-state index in [0.29, 0.717) is 5.49 Å². The van der Waals surface area contributed by atoms with Crippen LogP contribution in [0.3, 0.4) is 0 Å².